The van der Waals surface area contributed by atoms with Crippen LogP contribution < -0.4 is 3.53 Å². The van der Waals surface area contributed by atoms with Crippen LogP contribution in [-0.2, 0) is 0 Å². The lowest BCUT2D eigenvalue weighted by molar-refractivity contribution is 0.889. The first-order valence-corrected chi connectivity index (χ1v) is 4.61. The van der Waals surface area contributed by atoms with Crippen molar-refractivity contribution in [2.45, 2.75) is 6.42 Å². The molecule has 50 valence electrons. The first kappa shape index (κ1) is 8.65. The zero-order valence-corrected chi connectivity index (χ0v) is 6.92. The molecule has 0 heterocycles. The van der Waals surface area contributed by atoms with E-state index in [-0.39, 0.29) is 21.0 Å². The molecule has 0 aromatic rings. The highest BCUT2D eigenvalue weighted by atomic mass is 127. The Balaban J connectivity index is 3.06. The van der Waals surface area contributed by atoms with E-state index in [1.165, 1.54) is 0 Å². The molecule has 0 rings (SSSR count). The van der Waals surface area contributed by atoms with Crippen LogP contribution in [0.4, 0.5) is 0 Å². The third kappa shape index (κ3) is 7.65. The molecule has 0 atom stereocenters. The summed E-state index contributed by atoms with van der Waals surface area (Å²) >= 11 is -0.199. The van der Waals surface area contributed by atoms with Gasteiger partial charge in [-0.3, -0.25) is 0 Å². The SMILES string of the molecule is N#CC/C=I\NCN=N. The molecule has 9 heavy (non-hydrogen) atoms. The molecule has 0 aromatic heterocycles. The largest absolute Gasteiger partial charge is 0.244 e. The third-order valence-electron chi connectivity index (χ3n) is 0.462. The van der Waals surface area contributed by atoms with Crippen molar-refractivity contribution in [3.05, 3.63) is 0 Å². The smallest absolute Gasteiger partial charge is 0.117 e. The van der Waals surface area contributed by atoms with Crippen LogP contribution in [-0.4, -0.2) is 10.7 Å². The summed E-state index contributed by atoms with van der Waals surface area (Å²) < 4.78 is 4.83. The van der Waals surface area contributed by atoms with Crippen molar-refractivity contribution in [2.24, 2.45) is 5.11 Å². The summed E-state index contributed by atoms with van der Waals surface area (Å²) in [7, 11) is 0. The van der Waals surface area contributed by atoms with Crippen LogP contribution in [0.25, 0.3) is 0 Å². The van der Waals surface area contributed by atoms with Gasteiger partial charge in [-0.25, -0.2) is 9.06 Å². The molecule has 0 radical (unpaired) electrons. The van der Waals surface area contributed by atoms with Crippen molar-refractivity contribution in [3.63, 3.8) is 0 Å². The lowest BCUT2D eigenvalue weighted by Crippen LogP contribution is -1.95. The molecule has 0 aliphatic heterocycles. The van der Waals surface area contributed by atoms with Gasteiger partial charge >= 0.3 is 0 Å². The van der Waals surface area contributed by atoms with E-state index in [4.69, 9.17) is 10.8 Å². The van der Waals surface area contributed by atoms with Gasteiger partial charge in [-0.15, -0.1) is 0 Å². The Morgan fingerprint density at radius 1 is 1.89 bits per heavy atom. The number of nitrogens with one attached hydrogen (secondary N) is 2. The number of nitrogens with zero attached hydrogens (tertiary/aromatic N) is 2. The van der Waals surface area contributed by atoms with E-state index in [9.17, 15) is 0 Å². The normalized spacial score (nSPS) is 10.1. The second-order valence-electron chi connectivity index (χ2n) is 1.08. The summed E-state index contributed by atoms with van der Waals surface area (Å²) in [5.74, 6) is 0. The third-order valence-corrected chi connectivity index (χ3v) is 2.12. The summed E-state index contributed by atoms with van der Waals surface area (Å²) in [5.41, 5.74) is 6.38. The number of rotatable bonds is 4. The van der Waals surface area contributed by atoms with E-state index in [1.807, 2.05) is 10.1 Å². The monoisotopic (exact) mass is 238 g/mol. The van der Waals surface area contributed by atoms with Gasteiger partial charge < -0.3 is 0 Å². The molecular formula is C4H7IN4. The first-order chi connectivity index (χ1) is 4.41. The number of hydrogen-bond donors (Lipinski definition) is 2. The van der Waals surface area contributed by atoms with E-state index in [0.29, 0.717) is 13.1 Å². The fourth-order valence-corrected chi connectivity index (χ4v) is 1.29. The van der Waals surface area contributed by atoms with E-state index in [1.54, 1.807) is 0 Å². The summed E-state index contributed by atoms with van der Waals surface area (Å²) in [5, 5.41) is 11.2. The van der Waals surface area contributed by atoms with E-state index in [0.717, 1.165) is 0 Å². The molecule has 5 heteroatoms. The highest BCUT2D eigenvalue weighted by Crippen LogP contribution is 1.85. The summed E-state index contributed by atoms with van der Waals surface area (Å²) in [6.07, 6.45) is 0.498. The van der Waals surface area contributed by atoms with Crippen LogP contribution in [0.15, 0.2) is 5.11 Å². The second kappa shape index (κ2) is 7.65. The van der Waals surface area contributed by atoms with Gasteiger partial charge in [0.2, 0.25) is 0 Å². The van der Waals surface area contributed by atoms with Crippen molar-refractivity contribution in [1.82, 2.24) is 3.53 Å². The van der Waals surface area contributed by atoms with Crippen molar-refractivity contribution in [3.8, 4) is 6.07 Å². The Morgan fingerprint density at radius 2 is 2.67 bits per heavy atom. The zero-order chi connectivity index (χ0) is 6.95. The highest BCUT2D eigenvalue weighted by molar-refractivity contribution is 14.2. The lowest BCUT2D eigenvalue weighted by Gasteiger charge is -1.83. The van der Waals surface area contributed by atoms with Crippen LogP contribution in [0, 0.1) is 16.9 Å². The molecule has 4 nitrogen and oxygen atoms in total. The van der Waals surface area contributed by atoms with Crippen LogP contribution in [0.1, 0.15) is 6.42 Å². The maximum absolute atomic E-state index is 8.07. The molecule has 0 spiro atoms. The predicted octanol–water partition coefficient (Wildman–Crippen LogP) is 1.17. The van der Waals surface area contributed by atoms with Gasteiger partial charge in [-0.1, -0.05) is 0 Å². The van der Waals surface area contributed by atoms with Crippen molar-refractivity contribution < 1.29 is 0 Å². The van der Waals surface area contributed by atoms with Crippen LogP contribution in [0.2, 0.25) is 0 Å². The van der Waals surface area contributed by atoms with Crippen molar-refractivity contribution in [2.75, 3.05) is 6.67 Å². The molecular weight excluding hydrogens is 231 g/mol. The number of hydrogen-bond acceptors (Lipinski definition) is 4. The molecule has 0 bridgehead atoms. The van der Waals surface area contributed by atoms with Gasteiger partial charge in [0.15, 0.2) is 0 Å². The summed E-state index contributed by atoms with van der Waals surface area (Å²) in [4.78, 5) is 0. The topological polar surface area (TPSA) is 72.0 Å². The number of nitriles is 1. The summed E-state index contributed by atoms with van der Waals surface area (Å²) in [6, 6.07) is 2.00. The molecule has 0 aliphatic rings. The average Bonchev–Trinajstić information content (AvgIpc) is 1.89. The quantitative estimate of drug-likeness (QED) is 0.334. The van der Waals surface area contributed by atoms with Gasteiger partial charge in [0, 0.05) is 0 Å². The van der Waals surface area contributed by atoms with Gasteiger partial charge in [-0.05, 0) is 25.0 Å². The Labute approximate surface area is 63.9 Å². The fraction of sp³-hybridized carbons (Fsp3) is 0.500. The lowest BCUT2D eigenvalue weighted by atomic mass is 10.6. The van der Waals surface area contributed by atoms with Crippen molar-refractivity contribution >= 4 is 25.0 Å². The minimum atomic E-state index is -0.199. The summed E-state index contributed by atoms with van der Waals surface area (Å²) in [6.45, 7) is 0.384. The molecule has 0 aromatic carbocycles. The van der Waals surface area contributed by atoms with E-state index < -0.39 is 0 Å². The predicted molar refractivity (Wildman–Crippen MR) is 43.5 cm³/mol. The first-order valence-electron chi connectivity index (χ1n) is 2.29. The standard InChI is InChI=1S/C4H7IN4/c6-3-1-2-5-8-4-9-7/h2,7-8H,1,4H2. The highest BCUT2D eigenvalue weighted by Gasteiger charge is 1.72. The van der Waals surface area contributed by atoms with Gasteiger partial charge in [0.25, 0.3) is 0 Å². The zero-order valence-electron chi connectivity index (χ0n) is 4.76. The van der Waals surface area contributed by atoms with E-state index in [2.05, 4.69) is 8.64 Å². The average molecular weight is 238 g/mol. The fourth-order valence-electron chi connectivity index (χ4n) is 0.192. The Bertz CT molecular complexity index is 136. The maximum Gasteiger partial charge on any atom is 0.117 e. The van der Waals surface area contributed by atoms with Gasteiger partial charge in [0.05, 0.1) is 12.5 Å². The molecule has 0 aliphatic carbocycles. The number of halogens is 1. The van der Waals surface area contributed by atoms with Gasteiger partial charge in [0.1, 0.15) is 6.67 Å². The van der Waals surface area contributed by atoms with Crippen LogP contribution >= 0.6 is 21.0 Å². The molecule has 0 saturated carbocycles. The minimum absolute atomic E-state index is 0.199. The van der Waals surface area contributed by atoms with Crippen LogP contribution in [0.5, 0.6) is 0 Å². The molecule has 0 amide bonds. The van der Waals surface area contributed by atoms with Gasteiger partial charge in [-0.2, -0.15) is 10.4 Å². The minimum Gasteiger partial charge on any atom is -0.244 e. The molecule has 2 N–H and O–H groups in total. The molecule has 0 fully saturated rings. The van der Waals surface area contributed by atoms with Crippen molar-refractivity contribution in [1.29, 1.82) is 10.8 Å². The maximum atomic E-state index is 8.07. The van der Waals surface area contributed by atoms with Crippen LogP contribution in [0.3, 0.4) is 0 Å². The Hall–Kier alpha value is -0.350. The molecule has 0 unspecified atom stereocenters. The Morgan fingerprint density at radius 3 is 3.22 bits per heavy atom. The molecule has 0 saturated heterocycles. The second-order valence-corrected chi connectivity index (χ2v) is 3.34. The Kier molecular flexibility index (Phi) is 7.35. The van der Waals surface area contributed by atoms with E-state index >= 15 is 0 Å².